The van der Waals surface area contributed by atoms with E-state index in [4.69, 9.17) is 5.73 Å². The van der Waals surface area contributed by atoms with Crippen molar-refractivity contribution >= 4 is 11.6 Å². The number of ketones is 1. The van der Waals surface area contributed by atoms with Gasteiger partial charge in [-0.15, -0.1) is 0 Å². The molecule has 1 heterocycles. The molecular formula is C11H11N3O. The normalized spacial score (nSPS) is 10.1. The number of aromatic amines is 1. The molecule has 1 aromatic carbocycles. The minimum atomic E-state index is -0.0209. The van der Waals surface area contributed by atoms with E-state index >= 15 is 0 Å². The Morgan fingerprint density at radius 1 is 1.33 bits per heavy atom. The molecule has 2 aromatic rings. The number of nitrogens with one attached hydrogen (secondary N) is 1. The number of rotatable bonds is 3. The van der Waals surface area contributed by atoms with Crippen LogP contribution >= 0.6 is 0 Å². The summed E-state index contributed by atoms with van der Waals surface area (Å²) in [6.45, 7) is 0. The van der Waals surface area contributed by atoms with Crippen molar-refractivity contribution in [1.82, 2.24) is 10.2 Å². The van der Waals surface area contributed by atoms with Crippen molar-refractivity contribution in [3.05, 3.63) is 47.7 Å². The molecule has 0 spiro atoms. The maximum Gasteiger partial charge on any atom is 0.172 e. The average molecular weight is 201 g/mol. The quantitative estimate of drug-likeness (QED) is 0.737. The van der Waals surface area contributed by atoms with Crippen LogP contribution in [0.3, 0.4) is 0 Å². The summed E-state index contributed by atoms with van der Waals surface area (Å²) >= 11 is 0. The first kappa shape index (κ1) is 9.45. The number of hydrogen-bond donors (Lipinski definition) is 2. The van der Waals surface area contributed by atoms with Gasteiger partial charge in [0.1, 0.15) is 5.82 Å². The Morgan fingerprint density at radius 3 is 2.67 bits per heavy atom. The SMILES string of the molecule is Nc1[nH]ncc1C(=O)Cc1ccccc1. The highest BCUT2D eigenvalue weighted by Gasteiger charge is 2.11. The molecule has 0 unspecified atom stereocenters. The van der Waals surface area contributed by atoms with Crippen LogP contribution in [0.1, 0.15) is 15.9 Å². The van der Waals surface area contributed by atoms with Crippen molar-refractivity contribution in [2.75, 3.05) is 5.73 Å². The van der Waals surface area contributed by atoms with Crippen molar-refractivity contribution < 1.29 is 4.79 Å². The van der Waals surface area contributed by atoms with E-state index in [0.29, 0.717) is 17.8 Å². The number of nitrogen functional groups attached to an aromatic ring is 1. The summed E-state index contributed by atoms with van der Waals surface area (Å²) in [7, 11) is 0. The van der Waals surface area contributed by atoms with Gasteiger partial charge >= 0.3 is 0 Å². The van der Waals surface area contributed by atoms with Gasteiger partial charge in [0.25, 0.3) is 0 Å². The number of nitrogens with two attached hydrogens (primary N) is 1. The number of benzene rings is 1. The van der Waals surface area contributed by atoms with Crippen LogP contribution in [0, 0.1) is 0 Å². The first-order chi connectivity index (χ1) is 7.27. The average Bonchev–Trinajstić information content (AvgIpc) is 2.66. The summed E-state index contributed by atoms with van der Waals surface area (Å²) in [5, 5.41) is 6.26. The number of nitrogens with zero attached hydrogens (tertiary/aromatic N) is 1. The van der Waals surface area contributed by atoms with Gasteiger partial charge in [-0.05, 0) is 5.56 Å². The van der Waals surface area contributed by atoms with Gasteiger partial charge in [0, 0.05) is 6.42 Å². The number of Topliss-reactive ketones (excluding diaryl/α,β-unsaturated/α-hetero) is 1. The molecule has 3 N–H and O–H groups in total. The summed E-state index contributed by atoms with van der Waals surface area (Å²) in [5.41, 5.74) is 6.99. The third kappa shape index (κ3) is 2.04. The summed E-state index contributed by atoms with van der Waals surface area (Å²) < 4.78 is 0. The van der Waals surface area contributed by atoms with E-state index < -0.39 is 0 Å². The van der Waals surface area contributed by atoms with Crippen LogP contribution < -0.4 is 5.73 Å². The van der Waals surface area contributed by atoms with Crippen LogP contribution in [0.4, 0.5) is 5.82 Å². The van der Waals surface area contributed by atoms with Gasteiger partial charge in [-0.1, -0.05) is 30.3 Å². The highest BCUT2D eigenvalue weighted by Crippen LogP contribution is 2.11. The number of carbonyl (C=O) groups excluding carboxylic acids is 1. The molecule has 15 heavy (non-hydrogen) atoms. The van der Waals surface area contributed by atoms with E-state index in [-0.39, 0.29) is 5.78 Å². The van der Waals surface area contributed by atoms with Crippen LogP contribution in [0.15, 0.2) is 36.5 Å². The largest absolute Gasteiger partial charge is 0.383 e. The molecule has 0 amide bonds. The topological polar surface area (TPSA) is 71.8 Å². The van der Waals surface area contributed by atoms with Gasteiger partial charge < -0.3 is 5.73 Å². The monoisotopic (exact) mass is 201 g/mol. The number of carbonyl (C=O) groups is 1. The third-order valence-corrected chi connectivity index (χ3v) is 2.18. The van der Waals surface area contributed by atoms with Crippen molar-refractivity contribution in [1.29, 1.82) is 0 Å². The van der Waals surface area contributed by atoms with Gasteiger partial charge in [0.05, 0.1) is 11.8 Å². The number of anilines is 1. The predicted octanol–water partition coefficient (Wildman–Crippen LogP) is 1.42. The van der Waals surface area contributed by atoms with Gasteiger partial charge in [0.15, 0.2) is 5.78 Å². The highest BCUT2D eigenvalue weighted by molar-refractivity contribution is 6.00. The van der Waals surface area contributed by atoms with E-state index in [9.17, 15) is 4.79 Å². The first-order valence-electron chi connectivity index (χ1n) is 4.63. The lowest BCUT2D eigenvalue weighted by Crippen LogP contribution is -2.05. The Kier molecular flexibility index (Phi) is 2.49. The van der Waals surface area contributed by atoms with Crippen LogP contribution in [-0.2, 0) is 6.42 Å². The molecule has 0 bridgehead atoms. The lowest BCUT2D eigenvalue weighted by atomic mass is 10.1. The Morgan fingerprint density at radius 2 is 2.07 bits per heavy atom. The number of hydrogen-bond acceptors (Lipinski definition) is 3. The maximum atomic E-state index is 11.8. The van der Waals surface area contributed by atoms with Gasteiger partial charge in [-0.2, -0.15) is 5.10 Å². The fourth-order valence-electron chi connectivity index (χ4n) is 1.39. The molecule has 0 saturated carbocycles. The fraction of sp³-hybridized carbons (Fsp3) is 0.0909. The second-order valence-corrected chi connectivity index (χ2v) is 3.28. The summed E-state index contributed by atoms with van der Waals surface area (Å²) in [6.07, 6.45) is 1.81. The van der Waals surface area contributed by atoms with Crippen molar-refractivity contribution in [2.24, 2.45) is 0 Å². The smallest absolute Gasteiger partial charge is 0.172 e. The lowest BCUT2D eigenvalue weighted by molar-refractivity contribution is 0.0994. The second kappa shape index (κ2) is 3.96. The Hall–Kier alpha value is -2.10. The number of aromatic nitrogens is 2. The van der Waals surface area contributed by atoms with Crippen LogP contribution in [0.5, 0.6) is 0 Å². The standard InChI is InChI=1S/C11H11N3O/c12-11-9(7-13-14-11)10(15)6-8-4-2-1-3-5-8/h1-5,7H,6H2,(H3,12,13,14). The summed E-state index contributed by atoms with van der Waals surface area (Å²) in [4.78, 5) is 11.8. The molecular weight excluding hydrogens is 190 g/mol. The van der Waals surface area contributed by atoms with E-state index in [1.54, 1.807) is 0 Å². The van der Waals surface area contributed by atoms with Gasteiger partial charge in [-0.25, -0.2) is 0 Å². The van der Waals surface area contributed by atoms with E-state index in [1.165, 1.54) is 6.20 Å². The maximum absolute atomic E-state index is 11.8. The van der Waals surface area contributed by atoms with Crippen molar-refractivity contribution in [3.8, 4) is 0 Å². The third-order valence-electron chi connectivity index (χ3n) is 2.18. The number of H-pyrrole nitrogens is 1. The van der Waals surface area contributed by atoms with Gasteiger partial charge in [-0.3, -0.25) is 9.89 Å². The molecule has 2 rings (SSSR count). The zero-order valence-electron chi connectivity index (χ0n) is 8.10. The molecule has 4 nitrogen and oxygen atoms in total. The van der Waals surface area contributed by atoms with Crippen molar-refractivity contribution in [3.63, 3.8) is 0 Å². The minimum Gasteiger partial charge on any atom is -0.383 e. The molecule has 0 fully saturated rings. The first-order valence-corrected chi connectivity index (χ1v) is 4.63. The van der Waals surface area contributed by atoms with Crippen LogP contribution in [0.2, 0.25) is 0 Å². The Bertz CT molecular complexity index is 462. The molecule has 0 saturated heterocycles. The van der Waals surface area contributed by atoms with E-state index in [1.807, 2.05) is 30.3 Å². The molecule has 0 aliphatic rings. The Balaban J connectivity index is 2.15. The zero-order valence-corrected chi connectivity index (χ0v) is 8.10. The van der Waals surface area contributed by atoms with Gasteiger partial charge in [0.2, 0.25) is 0 Å². The molecule has 0 aliphatic carbocycles. The minimum absolute atomic E-state index is 0.0209. The molecule has 4 heteroatoms. The van der Waals surface area contributed by atoms with Crippen molar-refractivity contribution in [2.45, 2.75) is 6.42 Å². The highest BCUT2D eigenvalue weighted by atomic mass is 16.1. The van der Waals surface area contributed by atoms with E-state index in [0.717, 1.165) is 5.56 Å². The molecule has 0 radical (unpaired) electrons. The molecule has 0 atom stereocenters. The summed E-state index contributed by atoms with van der Waals surface area (Å²) in [5.74, 6) is 0.309. The van der Waals surface area contributed by atoms with Crippen LogP contribution in [-0.4, -0.2) is 16.0 Å². The lowest BCUT2D eigenvalue weighted by Gasteiger charge is -1.99. The van der Waals surface area contributed by atoms with Crippen LogP contribution in [0.25, 0.3) is 0 Å². The van der Waals surface area contributed by atoms with E-state index in [2.05, 4.69) is 10.2 Å². The Labute approximate surface area is 87.1 Å². The second-order valence-electron chi connectivity index (χ2n) is 3.28. The fourth-order valence-corrected chi connectivity index (χ4v) is 1.39. The summed E-state index contributed by atoms with van der Waals surface area (Å²) in [6, 6.07) is 9.55. The molecule has 0 aliphatic heterocycles. The predicted molar refractivity (Wildman–Crippen MR) is 57.5 cm³/mol. The molecule has 76 valence electrons. The molecule has 1 aromatic heterocycles. The zero-order chi connectivity index (χ0) is 10.7.